The maximum atomic E-state index is 12.8. The van der Waals surface area contributed by atoms with Crippen LogP contribution in [0.4, 0.5) is 22.0 Å². The van der Waals surface area contributed by atoms with E-state index in [4.69, 9.17) is 0 Å². The first-order valence-corrected chi connectivity index (χ1v) is 10.2. The SMILES string of the molecule is Cc1cccc(N2CCN(C(=O)Nc3ccc(N4CCCC4=O)cc3)[C@@H](C)C2)n1. The molecular formula is C22H27N5O2. The molecule has 1 aromatic heterocycles. The summed E-state index contributed by atoms with van der Waals surface area (Å²) in [7, 11) is 0. The Bertz CT molecular complexity index is 898. The van der Waals surface area contributed by atoms with Crippen LogP contribution in [0.25, 0.3) is 0 Å². The molecule has 0 bridgehead atoms. The van der Waals surface area contributed by atoms with Crippen molar-refractivity contribution in [3.05, 3.63) is 48.2 Å². The van der Waals surface area contributed by atoms with Crippen LogP contribution in [-0.4, -0.2) is 54.0 Å². The molecule has 0 aliphatic carbocycles. The summed E-state index contributed by atoms with van der Waals surface area (Å²) in [5.41, 5.74) is 2.62. The Morgan fingerprint density at radius 2 is 1.90 bits per heavy atom. The molecule has 4 rings (SSSR count). The molecule has 3 amide bonds. The van der Waals surface area contributed by atoms with Crippen molar-refractivity contribution in [2.75, 3.05) is 41.3 Å². The second kappa shape index (κ2) is 8.11. The van der Waals surface area contributed by atoms with E-state index in [1.54, 1.807) is 4.90 Å². The standard InChI is InChI=1S/C22H27N5O2/c1-16-5-3-6-20(23-16)25-13-14-26(17(2)15-25)22(29)24-18-8-10-19(11-9-18)27-12-4-7-21(27)28/h3,5-6,8-11,17H,4,7,12-15H2,1-2H3,(H,24,29)/t17-/m0/s1. The van der Waals surface area contributed by atoms with E-state index >= 15 is 0 Å². The van der Waals surface area contributed by atoms with Crippen LogP contribution in [0.2, 0.25) is 0 Å². The van der Waals surface area contributed by atoms with Crippen LogP contribution in [0, 0.1) is 6.92 Å². The number of amides is 3. The van der Waals surface area contributed by atoms with Gasteiger partial charge in [-0.15, -0.1) is 0 Å². The predicted octanol–water partition coefficient (Wildman–Crippen LogP) is 3.26. The van der Waals surface area contributed by atoms with Crippen LogP contribution in [-0.2, 0) is 4.79 Å². The molecule has 2 aliphatic rings. The first-order chi connectivity index (χ1) is 14.0. The van der Waals surface area contributed by atoms with E-state index < -0.39 is 0 Å². The van der Waals surface area contributed by atoms with Gasteiger partial charge in [0, 0.05) is 55.7 Å². The molecule has 2 saturated heterocycles. The van der Waals surface area contributed by atoms with Gasteiger partial charge in [0.2, 0.25) is 5.91 Å². The molecular weight excluding hydrogens is 366 g/mol. The van der Waals surface area contributed by atoms with E-state index in [1.165, 1.54) is 0 Å². The second-order valence-corrected chi connectivity index (χ2v) is 7.75. The molecule has 2 fully saturated rings. The summed E-state index contributed by atoms with van der Waals surface area (Å²) in [6.07, 6.45) is 1.51. The van der Waals surface area contributed by atoms with Crippen LogP contribution in [0.5, 0.6) is 0 Å². The number of rotatable bonds is 3. The van der Waals surface area contributed by atoms with Crippen LogP contribution >= 0.6 is 0 Å². The quantitative estimate of drug-likeness (QED) is 0.869. The highest BCUT2D eigenvalue weighted by molar-refractivity contribution is 5.96. The summed E-state index contributed by atoms with van der Waals surface area (Å²) in [4.78, 5) is 35.1. The van der Waals surface area contributed by atoms with Gasteiger partial charge in [-0.1, -0.05) is 6.07 Å². The number of hydrogen-bond acceptors (Lipinski definition) is 4. The minimum Gasteiger partial charge on any atom is -0.353 e. The number of aromatic nitrogens is 1. The molecule has 1 aromatic carbocycles. The van der Waals surface area contributed by atoms with Crippen LogP contribution in [0.3, 0.4) is 0 Å². The fourth-order valence-corrected chi connectivity index (χ4v) is 4.01. The zero-order chi connectivity index (χ0) is 20.4. The molecule has 29 heavy (non-hydrogen) atoms. The Morgan fingerprint density at radius 1 is 1.10 bits per heavy atom. The van der Waals surface area contributed by atoms with Crippen LogP contribution < -0.4 is 15.1 Å². The minimum absolute atomic E-state index is 0.0764. The summed E-state index contributed by atoms with van der Waals surface area (Å²) in [5, 5.41) is 2.98. The number of nitrogens with zero attached hydrogens (tertiary/aromatic N) is 4. The van der Waals surface area contributed by atoms with Crippen molar-refractivity contribution in [3.63, 3.8) is 0 Å². The zero-order valence-corrected chi connectivity index (χ0v) is 17.0. The Morgan fingerprint density at radius 3 is 2.55 bits per heavy atom. The molecule has 0 saturated carbocycles. The van der Waals surface area contributed by atoms with E-state index in [2.05, 4.69) is 22.1 Å². The summed E-state index contributed by atoms with van der Waals surface area (Å²) >= 11 is 0. The summed E-state index contributed by atoms with van der Waals surface area (Å²) in [6, 6.07) is 13.5. The van der Waals surface area contributed by atoms with Gasteiger partial charge >= 0.3 is 6.03 Å². The fraction of sp³-hybridized carbons (Fsp3) is 0.409. The third-order valence-corrected chi connectivity index (χ3v) is 5.59. The average Bonchev–Trinajstić information content (AvgIpc) is 3.14. The van der Waals surface area contributed by atoms with Crippen molar-refractivity contribution in [1.82, 2.24) is 9.88 Å². The van der Waals surface area contributed by atoms with Gasteiger partial charge in [-0.3, -0.25) is 4.79 Å². The molecule has 1 atom stereocenters. The summed E-state index contributed by atoms with van der Waals surface area (Å²) in [6.45, 7) is 6.96. The molecule has 7 heteroatoms. The van der Waals surface area contributed by atoms with Crippen molar-refractivity contribution in [2.45, 2.75) is 32.7 Å². The maximum absolute atomic E-state index is 12.8. The van der Waals surface area contributed by atoms with Gasteiger partial charge in [-0.2, -0.15) is 0 Å². The average molecular weight is 393 g/mol. The van der Waals surface area contributed by atoms with E-state index in [-0.39, 0.29) is 18.0 Å². The van der Waals surface area contributed by atoms with Crippen LogP contribution in [0.1, 0.15) is 25.5 Å². The van der Waals surface area contributed by atoms with Crippen molar-refractivity contribution < 1.29 is 9.59 Å². The number of anilines is 3. The lowest BCUT2D eigenvalue weighted by Crippen LogP contribution is -2.55. The highest BCUT2D eigenvalue weighted by Crippen LogP contribution is 2.24. The van der Waals surface area contributed by atoms with Gasteiger partial charge in [0.25, 0.3) is 0 Å². The van der Waals surface area contributed by atoms with E-state index in [1.807, 2.05) is 54.3 Å². The minimum atomic E-state index is -0.0978. The van der Waals surface area contributed by atoms with Gasteiger partial charge in [0.05, 0.1) is 0 Å². The number of aryl methyl sites for hydroxylation is 1. The topological polar surface area (TPSA) is 68.8 Å². The number of nitrogens with one attached hydrogen (secondary N) is 1. The van der Waals surface area contributed by atoms with Gasteiger partial charge in [-0.25, -0.2) is 9.78 Å². The van der Waals surface area contributed by atoms with E-state index in [0.717, 1.165) is 48.9 Å². The molecule has 3 heterocycles. The zero-order valence-electron chi connectivity index (χ0n) is 17.0. The Balaban J connectivity index is 1.36. The lowest BCUT2D eigenvalue weighted by molar-refractivity contribution is -0.117. The molecule has 0 unspecified atom stereocenters. The monoisotopic (exact) mass is 393 g/mol. The van der Waals surface area contributed by atoms with Gasteiger partial charge < -0.3 is 20.0 Å². The normalized spacial score (nSPS) is 19.6. The maximum Gasteiger partial charge on any atom is 0.322 e. The number of urea groups is 1. The van der Waals surface area contributed by atoms with Crippen molar-refractivity contribution in [1.29, 1.82) is 0 Å². The number of pyridine rings is 1. The first kappa shape index (κ1) is 19.2. The smallest absolute Gasteiger partial charge is 0.322 e. The summed E-state index contributed by atoms with van der Waals surface area (Å²) in [5.74, 6) is 1.13. The highest BCUT2D eigenvalue weighted by atomic mass is 16.2. The molecule has 2 aliphatic heterocycles. The summed E-state index contributed by atoms with van der Waals surface area (Å²) < 4.78 is 0. The van der Waals surface area contributed by atoms with Gasteiger partial charge in [-0.05, 0) is 56.7 Å². The van der Waals surface area contributed by atoms with E-state index in [0.29, 0.717) is 13.0 Å². The highest BCUT2D eigenvalue weighted by Gasteiger charge is 2.28. The van der Waals surface area contributed by atoms with Crippen molar-refractivity contribution in [2.24, 2.45) is 0 Å². The molecule has 0 spiro atoms. The van der Waals surface area contributed by atoms with Gasteiger partial charge in [0.15, 0.2) is 0 Å². The van der Waals surface area contributed by atoms with Gasteiger partial charge in [0.1, 0.15) is 5.82 Å². The number of piperazine rings is 1. The number of hydrogen-bond donors (Lipinski definition) is 1. The number of carbonyl (C=O) groups is 2. The Labute approximate surface area is 171 Å². The second-order valence-electron chi connectivity index (χ2n) is 7.75. The Kier molecular flexibility index (Phi) is 5.38. The molecule has 2 aromatic rings. The largest absolute Gasteiger partial charge is 0.353 e. The van der Waals surface area contributed by atoms with E-state index in [9.17, 15) is 9.59 Å². The van der Waals surface area contributed by atoms with Crippen molar-refractivity contribution in [3.8, 4) is 0 Å². The first-order valence-electron chi connectivity index (χ1n) is 10.2. The van der Waals surface area contributed by atoms with Crippen molar-refractivity contribution >= 4 is 29.1 Å². The molecule has 0 radical (unpaired) electrons. The molecule has 152 valence electrons. The number of benzene rings is 1. The third-order valence-electron chi connectivity index (χ3n) is 5.59. The third kappa shape index (κ3) is 4.18. The lowest BCUT2D eigenvalue weighted by atomic mass is 10.2. The molecule has 7 nitrogen and oxygen atoms in total. The number of carbonyl (C=O) groups excluding carboxylic acids is 2. The predicted molar refractivity (Wildman–Crippen MR) is 114 cm³/mol. The Hall–Kier alpha value is -3.09. The lowest BCUT2D eigenvalue weighted by Gasteiger charge is -2.40. The fourth-order valence-electron chi connectivity index (χ4n) is 4.01. The van der Waals surface area contributed by atoms with Crippen LogP contribution in [0.15, 0.2) is 42.5 Å². The molecule has 1 N–H and O–H groups in total.